The fourth-order valence-corrected chi connectivity index (χ4v) is 7.11. The average molecular weight is 776 g/mol. The molecule has 7 aromatic rings. The SMILES string of the molecule is CC(C)(C)c1ccnc(-c2ccc(-c3ccccc3-c3cc([B]OC(C)(C)C(C)(C)O)cc(-c4ccccc4-c4ccc(-c5cc(C(C)(C)C)ccn5)cc4)c3)cc2)c1. The molecule has 0 amide bonds. The third-order valence-electron chi connectivity index (χ3n) is 11.6. The Bertz CT molecular complexity index is 2410. The molecule has 0 aliphatic carbocycles. The van der Waals surface area contributed by atoms with Gasteiger partial charge in [0.05, 0.1) is 22.6 Å². The summed E-state index contributed by atoms with van der Waals surface area (Å²) in [5.74, 6) is 0. The molecular formula is C54H56BN2O2. The zero-order chi connectivity index (χ0) is 42.2. The summed E-state index contributed by atoms with van der Waals surface area (Å²) in [4.78, 5) is 9.43. The van der Waals surface area contributed by atoms with Crippen molar-refractivity contribution in [2.75, 3.05) is 0 Å². The molecule has 297 valence electrons. The second-order valence-corrected chi connectivity index (χ2v) is 18.8. The molecule has 0 aliphatic heterocycles. The summed E-state index contributed by atoms with van der Waals surface area (Å²) in [5, 5.41) is 10.9. The highest BCUT2D eigenvalue weighted by Crippen LogP contribution is 2.38. The molecule has 2 aromatic heterocycles. The van der Waals surface area contributed by atoms with Crippen LogP contribution >= 0.6 is 0 Å². The van der Waals surface area contributed by atoms with Crippen LogP contribution < -0.4 is 5.46 Å². The van der Waals surface area contributed by atoms with Crippen molar-refractivity contribution < 1.29 is 9.76 Å². The van der Waals surface area contributed by atoms with Crippen LogP contribution in [0, 0.1) is 0 Å². The molecule has 5 heteroatoms. The first-order valence-electron chi connectivity index (χ1n) is 20.6. The second-order valence-electron chi connectivity index (χ2n) is 18.8. The standard InChI is InChI=1S/C54H56BN2O2/c1-51(2,3)42-27-29-56-49(34-42)38-23-19-36(20-24-38)45-15-11-13-17-47(45)40-31-41(33-44(32-40)55-59-54(9,10)53(7,8)58)48-18-14-12-16-46(48)37-21-25-39(26-22-37)50-35-43(28-30-57-50)52(4,5)6/h11-35,58H,1-10H3. The third kappa shape index (κ3) is 9.33. The van der Waals surface area contributed by atoms with E-state index in [9.17, 15) is 5.11 Å². The van der Waals surface area contributed by atoms with E-state index in [-0.39, 0.29) is 10.8 Å². The van der Waals surface area contributed by atoms with Crippen molar-refractivity contribution in [3.8, 4) is 67.0 Å². The molecule has 0 bridgehead atoms. The van der Waals surface area contributed by atoms with Gasteiger partial charge in [-0.2, -0.15) is 0 Å². The predicted molar refractivity (Wildman–Crippen MR) is 249 cm³/mol. The Kier molecular flexibility index (Phi) is 11.4. The Balaban J connectivity index is 1.29. The number of nitrogens with zero attached hydrogens (tertiary/aromatic N) is 2. The highest BCUT2D eigenvalue weighted by atomic mass is 16.5. The summed E-state index contributed by atoms with van der Waals surface area (Å²) in [5.41, 5.74) is 14.6. The van der Waals surface area contributed by atoms with Gasteiger partial charge in [0.1, 0.15) is 0 Å². The van der Waals surface area contributed by atoms with Crippen molar-refractivity contribution in [1.82, 2.24) is 9.97 Å². The zero-order valence-corrected chi connectivity index (χ0v) is 36.3. The molecule has 1 N–H and O–H groups in total. The van der Waals surface area contributed by atoms with Crippen LogP contribution in [0.5, 0.6) is 0 Å². The Hall–Kier alpha value is -5.62. The number of hydrogen-bond donors (Lipinski definition) is 1. The van der Waals surface area contributed by atoms with Gasteiger partial charge in [-0.25, -0.2) is 0 Å². The van der Waals surface area contributed by atoms with E-state index in [1.807, 2.05) is 26.2 Å². The van der Waals surface area contributed by atoms with Crippen LogP contribution in [0.25, 0.3) is 67.0 Å². The summed E-state index contributed by atoms with van der Waals surface area (Å²) in [7, 11) is 1.79. The van der Waals surface area contributed by atoms with Crippen molar-refractivity contribution in [3.05, 3.63) is 163 Å². The fourth-order valence-electron chi connectivity index (χ4n) is 7.11. The molecule has 1 radical (unpaired) electrons. The van der Waals surface area contributed by atoms with Gasteiger partial charge in [0.15, 0.2) is 0 Å². The Morgan fingerprint density at radius 2 is 0.780 bits per heavy atom. The van der Waals surface area contributed by atoms with Crippen molar-refractivity contribution in [2.24, 2.45) is 0 Å². The topological polar surface area (TPSA) is 55.2 Å². The maximum Gasteiger partial charge on any atom is 0.330 e. The molecule has 0 saturated heterocycles. The van der Waals surface area contributed by atoms with Crippen LogP contribution in [-0.2, 0) is 15.5 Å². The summed E-state index contributed by atoms with van der Waals surface area (Å²) in [6, 6.07) is 49.8. The smallest absolute Gasteiger partial charge is 0.330 e. The predicted octanol–water partition coefficient (Wildman–Crippen LogP) is 12.9. The van der Waals surface area contributed by atoms with Gasteiger partial charge in [-0.05, 0) is 124 Å². The lowest BCUT2D eigenvalue weighted by atomic mass is 9.79. The van der Waals surface area contributed by atoms with Crippen molar-refractivity contribution >= 4 is 12.9 Å². The Morgan fingerprint density at radius 3 is 1.14 bits per heavy atom. The van der Waals surface area contributed by atoms with Gasteiger partial charge < -0.3 is 9.76 Å². The molecule has 0 spiro atoms. The van der Waals surface area contributed by atoms with Crippen LogP contribution in [0.4, 0.5) is 0 Å². The molecule has 0 fully saturated rings. The van der Waals surface area contributed by atoms with Crippen LogP contribution in [-0.4, -0.2) is 33.8 Å². The lowest BCUT2D eigenvalue weighted by molar-refractivity contribution is -0.0893. The molecule has 5 aromatic carbocycles. The molecule has 7 rings (SSSR count). The number of pyridine rings is 2. The first-order chi connectivity index (χ1) is 27.9. The maximum absolute atomic E-state index is 10.9. The molecule has 59 heavy (non-hydrogen) atoms. The van der Waals surface area contributed by atoms with Gasteiger partial charge in [-0.15, -0.1) is 0 Å². The number of rotatable bonds is 10. The van der Waals surface area contributed by atoms with Gasteiger partial charge in [-0.1, -0.05) is 156 Å². The lowest BCUT2D eigenvalue weighted by Gasteiger charge is -2.37. The van der Waals surface area contributed by atoms with Crippen molar-refractivity contribution in [1.29, 1.82) is 0 Å². The third-order valence-corrected chi connectivity index (χ3v) is 11.6. The highest BCUT2D eigenvalue weighted by Gasteiger charge is 2.36. The first-order valence-corrected chi connectivity index (χ1v) is 20.6. The number of benzene rings is 5. The van der Waals surface area contributed by atoms with E-state index in [4.69, 9.17) is 14.6 Å². The largest absolute Gasteiger partial charge is 0.427 e. The monoisotopic (exact) mass is 775 g/mol. The van der Waals surface area contributed by atoms with Gasteiger partial charge >= 0.3 is 7.48 Å². The molecule has 0 saturated carbocycles. The number of aromatic nitrogens is 2. The minimum Gasteiger partial charge on any atom is -0.427 e. The molecule has 0 atom stereocenters. The summed E-state index contributed by atoms with van der Waals surface area (Å²) in [6.07, 6.45) is 3.82. The van der Waals surface area contributed by atoms with Gasteiger partial charge in [-0.3, -0.25) is 9.97 Å². The Labute approximate surface area is 352 Å². The van der Waals surface area contributed by atoms with E-state index in [1.54, 1.807) is 21.3 Å². The number of hydrogen-bond acceptors (Lipinski definition) is 4. The highest BCUT2D eigenvalue weighted by molar-refractivity contribution is 6.47. The minimum absolute atomic E-state index is 0.0401. The maximum atomic E-state index is 10.9. The minimum atomic E-state index is -1.06. The number of aliphatic hydroxyl groups is 1. The van der Waals surface area contributed by atoms with E-state index in [0.29, 0.717) is 0 Å². The quantitative estimate of drug-likeness (QED) is 0.141. The van der Waals surface area contributed by atoms with E-state index in [0.717, 1.165) is 72.5 Å². The van der Waals surface area contributed by atoms with Crippen LogP contribution in [0.1, 0.15) is 80.4 Å². The normalized spacial score (nSPS) is 12.4. The van der Waals surface area contributed by atoms with E-state index >= 15 is 0 Å². The summed E-state index contributed by atoms with van der Waals surface area (Å²) in [6.45, 7) is 20.8. The molecule has 2 heterocycles. The fraction of sp³-hybridized carbons (Fsp3) is 0.259. The molecular weight excluding hydrogens is 719 g/mol. The van der Waals surface area contributed by atoms with E-state index < -0.39 is 11.2 Å². The van der Waals surface area contributed by atoms with Gasteiger partial charge in [0, 0.05) is 23.5 Å². The molecule has 4 nitrogen and oxygen atoms in total. The summed E-state index contributed by atoms with van der Waals surface area (Å²) < 4.78 is 6.37. The van der Waals surface area contributed by atoms with Crippen molar-refractivity contribution in [3.63, 3.8) is 0 Å². The molecule has 0 aliphatic rings. The summed E-state index contributed by atoms with van der Waals surface area (Å²) >= 11 is 0. The van der Waals surface area contributed by atoms with E-state index in [1.165, 1.54) is 11.1 Å². The Morgan fingerprint density at radius 1 is 0.424 bits per heavy atom. The zero-order valence-electron chi connectivity index (χ0n) is 36.3. The van der Waals surface area contributed by atoms with Gasteiger partial charge in [0.2, 0.25) is 0 Å². The van der Waals surface area contributed by atoms with Crippen LogP contribution in [0.2, 0.25) is 0 Å². The van der Waals surface area contributed by atoms with Crippen molar-refractivity contribution in [2.45, 2.75) is 91.3 Å². The van der Waals surface area contributed by atoms with E-state index in [2.05, 4.69) is 181 Å². The lowest BCUT2D eigenvalue weighted by Crippen LogP contribution is -2.49. The van der Waals surface area contributed by atoms with Crippen LogP contribution in [0.3, 0.4) is 0 Å². The average Bonchev–Trinajstić information content (AvgIpc) is 3.22. The first kappa shape index (κ1) is 41.5. The van der Waals surface area contributed by atoms with Crippen LogP contribution in [0.15, 0.2) is 152 Å². The molecule has 0 unspecified atom stereocenters. The van der Waals surface area contributed by atoms with Gasteiger partial charge in [0.25, 0.3) is 0 Å². The second kappa shape index (κ2) is 16.2.